The first-order valence-electron chi connectivity index (χ1n) is 5.17. The van der Waals surface area contributed by atoms with Crippen molar-refractivity contribution in [3.63, 3.8) is 0 Å². The predicted octanol–water partition coefficient (Wildman–Crippen LogP) is 4.72. The van der Waals surface area contributed by atoms with Gasteiger partial charge in [-0.25, -0.2) is 0 Å². The van der Waals surface area contributed by atoms with Gasteiger partial charge in [0.1, 0.15) is 0 Å². The van der Waals surface area contributed by atoms with Gasteiger partial charge in [0.2, 0.25) is 5.78 Å². The van der Waals surface area contributed by atoms with Crippen molar-refractivity contribution in [2.24, 2.45) is 0 Å². The number of halogens is 10. The minimum Gasteiger partial charge on any atom is -0.287 e. The van der Waals surface area contributed by atoms with Gasteiger partial charge in [0.25, 0.3) is 0 Å². The Morgan fingerprint density at radius 3 is 1.45 bits per heavy atom. The summed E-state index contributed by atoms with van der Waals surface area (Å²) in [5.41, 5.74) is -2.81. The van der Waals surface area contributed by atoms with E-state index in [0.717, 1.165) is 0 Å². The third-order valence-electron chi connectivity index (χ3n) is 2.51. The summed E-state index contributed by atoms with van der Waals surface area (Å²) in [6.07, 6.45) is -11.6. The molecule has 22 heavy (non-hydrogen) atoms. The van der Waals surface area contributed by atoms with Crippen LogP contribution in [0, 0.1) is 0 Å². The van der Waals surface area contributed by atoms with Gasteiger partial charge in [0, 0.05) is 5.56 Å². The Hall–Kier alpha value is -1.81. The molecule has 0 heterocycles. The highest BCUT2D eigenvalue weighted by Gasteiger charge is 2.76. The molecule has 0 radical (unpaired) electrons. The zero-order valence-corrected chi connectivity index (χ0v) is 10.00. The molecule has 0 unspecified atom stereocenters. The maximum Gasteiger partial charge on any atom is 0.460 e. The quantitative estimate of drug-likeness (QED) is 0.574. The predicted molar refractivity (Wildman–Crippen MR) is 51.7 cm³/mol. The van der Waals surface area contributed by atoms with Gasteiger partial charge >= 0.3 is 24.2 Å². The molecule has 0 aliphatic rings. The Bertz CT molecular complexity index is 552. The van der Waals surface area contributed by atoms with E-state index in [2.05, 4.69) is 0 Å². The van der Waals surface area contributed by atoms with Crippen molar-refractivity contribution in [1.82, 2.24) is 0 Å². The molecule has 1 aromatic rings. The van der Waals surface area contributed by atoms with Crippen LogP contribution in [0.2, 0.25) is 0 Å². The fourth-order valence-electron chi connectivity index (χ4n) is 1.31. The topological polar surface area (TPSA) is 17.1 Å². The zero-order chi connectivity index (χ0) is 17.6. The molecule has 0 amide bonds. The maximum absolute atomic E-state index is 13.1. The molecule has 0 bridgehead atoms. The van der Waals surface area contributed by atoms with Crippen molar-refractivity contribution in [1.29, 1.82) is 0 Å². The van der Waals surface area contributed by atoms with E-state index in [4.69, 9.17) is 0 Å². The minimum absolute atomic E-state index is 0.0888. The minimum atomic E-state index is -6.71. The molecule has 0 N–H and O–H groups in total. The van der Waals surface area contributed by atoms with Gasteiger partial charge in [-0.1, -0.05) is 12.1 Å². The number of benzene rings is 1. The van der Waals surface area contributed by atoms with Crippen LogP contribution in [0.25, 0.3) is 0 Å². The number of ketones is 1. The SMILES string of the molecule is O=C(c1ccc(C(F)(F)F)cc1)C(F)(F)C(F)(F)C(F)(F)F. The molecule has 1 nitrogen and oxygen atoms in total. The Morgan fingerprint density at radius 1 is 0.727 bits per heavy atom. The Morgan fingerprint density at radius 2 is 1.14 bits per heavy atom. The van der Waals surface area contributed by atoms with E-state index in [1.165, 1.54) is 0 Å². The first-order valence-corrected chi connectivity index (χ1v) is 5.17. The standard InChI is InChI=1S/C11H4F10O/c12-8(13,10(17,18)11(19,20)21)7(22)5-1-3-6(4-2-5)9(14,15)16/h1-4H. The number of hydrogen-bond acceptors (Lipinski definition) is 1. The van der Waals surface area contributed by atoms with E-state index in [9.17, 15) is 48.7 Å². The molecule has 0 aliphatic carbocycles. The van der Waals surface area contributed by atoms with Crippen molar-refractivity contribution in [2.75, 3.05) is 0 Å². The van der Waals surface area contributed by atoms with E-state index in [-0.39, 0.29) is 24.3 Å². The summed E-state index contributed by atoms with van der Waals surface area (Å²) in [7, 11) is 0. The van der Waals surface area contributed by atoms with E-state index >= 15 is 0 Å². The van der Waals surface area contributed by atoms with Crippen LogP contribution in [0.1, 0.15) is 15.9 Å². The van der Waals surface area contributed by atoms with E-state index in [0.29, 0.717) is 0 Å². The van der Waals surface area contributed by atoms with Gasteiger partial charge in [0.15, 0.2) is 0 Å². The molecule has 1 rings (SSSR count). The Kier molecular flexibility index (Phi) is 4.25. The second kappa shape index (κ2) is 5.13. The van der Waals surface area contributed by atoms with Gasteiger partial charge in [-0.2, -0.15) is 43.9 Å². The second-order valence-corrected chi connectivity index (χ2v) is 4.05. The summed E-state index contributed by atoms with van der Waals surface area (Å²) in [6.45, 7) is 0. The van der Waals surface area contributed by atoms with Crippen LogP contribution in [0.4, 0.5) is 43.9 Å². The molecule has 0 atom stereocenters. The highest BCUT2D eigenvalue weighted by atomic mass is 19.4. The lowest BCUT2D eigenvalue weighted by Crippen LogP contribution is -2.56. The largest absolute Gasteiger partial charge is 0.460 e. The molecule has 0 aromatic heterocycles. The van der Waals surface area contributed by atoms with E-state index in [1.54, 1.807) is 0 Å². The second-order valence-electron chi connectivity index (χ2n) is 4.05. The summed E-state index contributed by atoms with van der Waals surface area (Å²) < 4.78 is 124. The average Bonchev–Trinajstić information content (AvgIpc) is 2.35. The lowest BCUT2D eigenvalue weighted by molar-refractivity contribution is -0.339. The van der Waals surface area contributed by atoms with Crippen LogP contribution in [0.3, 0.4) is 0 Å². The third-order valence-corrected chi connectivity index (χ3v) is 2.51. The first kappa shape index (κ1) is 18.2. The fraction of sp³-hybridized carbons (Fsp3) is 0.364. The highest BCUT2D eigenvalue weighted by molar-refractivity contribution is 6.02. The average molecular weight is 342 g/mol. The number of carbonyl (C=O) groups is 1. The fourth-order valence-corrected chi connectivity index (χ4v) is 1.31. The van der Waals surface area contributed by atoms with Crippen molar-refractivity contribution in [3.05, 3.63) is 35.4 Å². The maximum atomic E-state index is 13.1. The number of hydrogen-bond donors (Lipinski definition) is 0. The summed E-state index contributed by atoms with van der Waals surface area (Å²) in [6, 6.07) is 0.390. The van der Waals surface area contributed by atoms with Crippen LogP contribution in [-0.4, -0.2) is 23.8 Å². The van der Waals surface area contributed by atoms with Gasteiger partial charge in [-0.3, -0.25) is 4.79 Å². The first-order chi connectivity index (χ1) is 9.62. The van der Waals surface area contributed by atoms with Gasteiger partial charge in [-0.05, 0) is 12.1 Å². The Labute approximate surface area is 115 Å². The van der Waals surface area contributed by atoms with Crippen molar-refractivity contribution >= 4 is 5.78 Å². The smallest absolute Gasteiger partial charge is 0.287 e. The zero-order valence-electron chi connectivity index (χ0n) is 10.00. The molecule has 0 aliphatic heterocycles. The molecular weight excluding hydrogens is 338 g/mol. The van der Waals surface area contributed by atoms with Gasteiger partial charge in [0.05, 0.1) is 5.56 Å². The number of Topliss-reactive ketones (excluding diaryl/α,β-unsaturated/α-hetero) is 1. The Balaban J connectivity index is 3.20. The van der Waals surface area contributed by atoms with Crippen LogP contribution in [0.5, 0.6) is 0 Å². The number of rotatable bonds is 3. The molecule has 0 saturated heterocycles. The summed E-state index contributed by atoms with van der Waals surface area (Å²) in [5.74, 6) is -15.8. The molecule has 1 aromatic carbocycles. The third kappa shape index (κ3) is 3.02. The van der Waals surface area contributed by atoms with Crippen molar-refractivity contribution in [3.8, 4) is 0 Å². The van der Waals surface area contributed by atoms with Gasteiger partial charge in [-0.15, -0.1) is 0 Å². The molecule has 11 heteroatoms. The van der Waals surface area contributed by atoms with Gasteiger partial charge < -0.3 is 0 Å². The summed E-state index contributed by atoms with van der Waals surface area (Å²) in [4.78, 5) is 11.1. The molecular formula is C11H4F10O. The van der Waals surface area contributed by atoms with Crippen LogP contribution in [0.15, 0.2) is 24.3 Å². The van der Waals surface area contributed by atoms with Crippen LogP contribution in [-0.2, 0) is 6.18 Å². The number of carbonyl (C=O) groups excluding carboxylic acids is 1. The highest BCUT2D eigenvalue weighted by Crippen LogP contribution is 2.47. The van der Waals surface area contributed by atoms with Crippen LogP contribution < -0.4 is 0 Å². The van der Waals surface area contributed by atoms with Crippen molar-refractivity contribution < 1.29 is 48.7 Å². The van der Waals surface area contributed by atoms with Crippen molar-refractivity contribution in [2.45, 2.75) is 24.2 Å². The number of alkyl halides is 10. The van der Waals surface area contributed by atoms with Crippen LogP contribution >= 0.6 is 0 Å². The van der Waals surface area contributed by atoms with E-state index < -0.39 is 41.1 Å². The summed E-state index contributed by atoms with van der Waals surface area (Å²) >= 11 is 0. The molecule has 0 fully saturated rings. The molecule has 0 spiro atoms. The lowest BCUT2D eigenvalue weighted by Gasteiger charge is -2.27. The normalized spacial score (nSPS) is 14.1. The molecule has 124 valence electrons. The molecule has 0 saturated carbocycles. The monoisotopic (exact) mass is 342 g/mol. The summed E-state index contributed by atoms with van der Waals surface area (Å²) in [5, 5.41) is 0. The van der Waals surface area contributed by atoms with E-state index in [1.807, 2.05) is 0 Å². The lowest BCUT2D eigenvalue weighted by atomic mass is 9.99.